The smallest absolute Gasteiger partial charge is 0.319 e. The number of hydrogen-bond donors (Lipinski definition) is 2. The lowest BCUT2D eigenvalue weighted by atomic mass is 9.79. The molecule has 0 spiro atoms. The molecule has 0 bridgehead atoms. The number of carbonyl (C=O) groups is 1. The van der Waals surface area contributed by atoms with Gasteiger partial charge in [-0.25, -0.2) is 14.8 Å². The highest BCUT2D eigenvalue weighted by molar-refractivity contribution is 5.88. The normalized spacial score (nSPS) is 24.0. The fourth-order valence-electron chi connectivity index (χ4n) is 2.81. The van der Waals surface area contributed by atoms with E-state index in [1.807, 2.05) is 0 Å². The highest BCUT2D eigenvalue weighted by Gasteiger charge is 2.30. The van der Waals surface area contributed by atoms with Crippen LogP contribution in [0.2, 0.25) is 0 Å². The largest absolute Gasteiger partial charge is 0.338 e. The van der Waals surface area contributed by atoms with Crippen LogP contribution in [0.1, 0.15) is 31.5 Å². The number of rotatable bonds is 6. The number of amides is 2. The molecule has 0 saturated heterocycles. The molecule has 2 N–H and O–H groups in total. The third-order valence-electron chi connectivity index (χ3n) is 4.62. The molecule has 0 aromatic carbocycles. The topological polar surface area (TPSA) is 70.2 Å². The fraction of sp³-hybridized carbons (Fsp3) is 0.688. The third kappa shape index (κ3) is 4.16. The molecule has 1 aromatic heterocycles. The average molecular weight is 303 g/mol. The van der Waals surface area contributed by atoms with E-state index in [0.29, 0.717) is 17.6 Å². The predicted molar refractivity (Wildman–Crippen MR) is 85.7 cm³/mol. The van der Waals surface area contributed by atoms with Crippen LogP contribution in [0, 0.1) is 11.8 Å². The lowest BCUT2D eigenvalue weighted by Crippen LogP contribution is -2.45. The van der Waals surface area contributed by atoms with Gasteiger partial charge in [0.15, 0.2) is 0 Å². The number of urea groups is 1. The first-order chi connectivity index (χ1) is 10.6. The van der Waals surface area contributed by atoms with Crippen molar-refractivity contribution >= 4 is 11.7 Å². The van der Waals surface area contributed by atoms with Gasteiger partial charge in [0.1, 0.15) is 5.82 Å². The van der Waals surface area contributed by atoms with Crippen molar-refractivity contribution in [2.24, 2.45) is 11.8 Å². The average Bonchev–Trinajstić information content (AvgIpc) is 3.23. The summed E-state index contributed by atoms with van der Waals surface area (Å²) in [7, 11) is 4.21. The molecular formula is C16H25N5O. The van der Waals surface area contributed by atoms with Crippen molar-refractivity contribution in [1.82, 2.24) is 20.2 Å². The van der Waals surface area contributed by atoms with Gasteiger partial charge in [-0.1, -0.05) is 0 Å². The molecule has 0 aliphatic heterocycles. The van der Waals surface area contributed by atoms with Crippen LogP contribution in [0.15, 0.2) is 12.4 Å². The van der Waals surface area contributed by atoms with E-state index < -0.39 is 0 Å². The number of anilines is 1. The van der Waals surface area contributed by atoms with Gasteiger partial charge in [0.05, 0.1) is 18.1 Å². The minimum atomic E-state index is -0.174. The highest BCUT2D eigenvalue weighted by Crippen LogP contribution is 2.31. The number of hydrogen-bond acceptors (Lipinski definition) is 4. The summed E-state index contributed by atoms with van der Waals surface area (Å²) >= 11 is 0. The maximum atomic E-state index is 11.9. The van der Waals surface area contributed by atoms with Crippen LogP contribution in [0.3, 0.4) is 0 Å². The van der Waals surface area contributed by atoms with Gasteiger partial charge < -0.3 is 15.5 Å². The van der Waals surface area contributed by atoms with Gasteiger partial charge in [-0.05, 0) is 51.6 Å². The van der Waals surface area contributed by atoms with Crippen molar-refractivity contribution in [2.75, 3.05) is 26.0 Å². The van der Waals surface area contributed by atoms with Crippen LogP contribution in [-0.4, -0.2) is 47.6 Å². The third-order valence-corrected chi connectivity index (χ3v) is 4.62. The molecule has 1 aromatic rings. The Bertz CT molecular complexity index is 506. The number of aromatic nitrogens is 2. The molecule has 3 rings (SSSR count). The van der Waals surface area contributed by atoms with Crippen LogP contribution in [0.5, 0.6) is 0 Å². The molecule has 2 aliphatic rings. The van der Waals surface area contributed by atoms with Gasteiger partial charge in [0.2, 0.25) is 0 Å². The van der Waals surface area contributed by atoms with Crippen LogP contribution >= 0.6 is 0 Å². The summed E-state index contributed by atoms with van der Waals surface area (Å²) in [5.74, 6) is 2.24. The second kappa shape index (κ2) is 6.60. The lowest BCUT2D eigenvalue weighted by molar-refractivity contribution is 0.124. The first kappa shape index (κ1) is 15.2. The quantitative estimate of drug-likeness (QED) is 0.842. The molecule has 22 heavy (non-hydrogen) atoms. The van der Waals surface area contributed by atoms with E-state index >= 15 is 0 Å². The van der Waals surface area contributed by atoms with Crippen LogP contribution in [-0.2, 0) is 6.42 Å². The van der Waals surface area contributed by atoms with Gasteiger partial charge in [-0.2, -0.15) is 0 Å². The van der Waals surface area contributed by atoms with E-state index in [1.165, 1.54) is 12.8 Å². The molecule has 6 heteroatoms. The Hall–Kier alpha value is -1.69. The lowest BCUT2D eigenvalue weighted by Gasteiger charge is -2.39. The van der Waals surface area contributed by atoms with Gasteiger partial charge in [-0.15, -0.1) is 0 Å². The van der Waals surface area contributed by atoms with E-state index in [1.54, 1.807) is 12.4 Å². The van der Waals surface area contributed by atoms with E-state index in [-0.39, 0.29) is 6.03 Å². The van der Waals surface area contributed by atoms with E-state index in [2.05, 4.69) is 39.6 Å². The number of nitrogens with zero attached hydrogens (tertiary/aromatic N) is 3. The second-order valence-corrected chi connectivity index (χ2v) is 6.83. The minimum absolute atomic E-state index is 0.174. The summed E-state index contributed by atoms with van der Waals surface area (Å²) in [6, 6.07) is 0.495. The Morgan fingerprint density at radius 1 is 1.23 bits per heavy atom. The maximum Gasteiger partial charge on any atom is 0.319 e. The van der Waals surface area contributed by atoms with Crippen LogP contribution < -0.4 is 10.6 Å². The molecule has 0 radical (unpaired) electrons. The zero-order valence-corrected chi connectivity index (χ0v) is 13.4. The molecule has 2 fully saturated rings. The summed E-state index contributed by atoms with van der Waals surface area (Å²) < 4.78 is 0. The molecule has 0 atom stereocenters. The fourth-order valence-corrected chi connectivity index (χ4v) is 2.81. The number of nitrogens with one attached hydrogen (secondary N) is 2. The van der Waals surface area contributed by atoms with E-state index in [4.69, 9.17) is 0 Å². The van der Waals surface area contributed by atoms with Crippen molar-refractivity contribution in [3.63, 3.8) is 0 Å². The van der Waals surface area contributed by atoms with Crippen molar-refractivity contribution in [2.45, 2.75) is 38.1 Å². The van der Waals surface area contributed by atoms with Crippen LogP contribution in [0.4, 0.5) is 10.5 Å². The van der Waals surface area contributed by atoms with Crippen molar-refractivity contribution in [1.29, 1.82) is 0 Å². The van der Waals surface area contributed by atoms with Gasteiger partial charge >= 0.3 is 6.03 Å². The Kier molecular flexibility index (Phi) is 4.57. The Balaban J connectivity index is 1.36. The monoisotopic (exact) mass is 303 g/mol. The summed E-state index contributed by atoms with van der Waals surface area (Å²) in [6.45, 7) is 0.733. The van der Waals surface area contributed by atoms with E-state index in [0.717, 1.165) is 37.5 Å². The standard InChI is InChI=1S/C16H25N5O/c1-21(2)14-5-12(6-14)8-19-16(22)20-13-9-17-15(18-10-13)7-11-3-4-11/h9-12,14H,3-8H2,1-2H3,(H2,19,20,22). The Morgan fingerprint density at radius 2 is 1.91 bits per heavy atom. The summed E-state index contributed by atoms with van der Waals surface area (Å²) in [5.41, 5.74) is 0.650. The zero-order chi connectivity index (χ0) is 15.5. The maximum absolute atomic E-state index is 11.9. The van der Waals surface area contributed by atoms with Gasteiger partial charge in [-0.3, -0.25) is 0 Å². The first-order valence-corrected chi connectivity index (χ1v) is 8.12. The molecule has 2 aliphatic carbocycles. The Labute approximate surface area is 131 Å². The van der Waals surface area contributed by atoms with Gasteiger partial charge in [0.25, 0.3) is 0 Å². The molecule has 6 nitrogen and oxygen atoms in total. The molecular weight excluding hydrogens is 278 g/mol. The van der Waals surface area contributed by atoms with E-state index in [9.17, 15) is 4.79 Å². The predicted octanol–water partition coefficient (Wildman–Crippen LogP) is 1.89. The minimum Gasteiger partial charge on any atom is -0.338 e. The zero-order valence-electron chi connectivity index (χ0n) is 13.4. The summed E-state index contributed by atoms with van der Waals surface area (Å²) in [6.07, 6.45) is 9.24. The second-order valence-electron chi connectivity index (χ2n) is 6.83. The Morgan fingerprint density at radius 3 is 2.50 bits per heavy atom. The summed E-state index contributed by atoms with van der Waals surface area (Å²) in [5, 5.41) is 5.72. The number of carbonyl (C=O) groups excluding carboxylic acids is 1. The molecule has 2 saturated carbocycles. The van der Waals surface area contributed by atoms with Crippen molar-refractivity contribution in [3.8, 4) is 0 Å². The van der Waals surface area contributed by atoms with Crippen molar-refractivity contribution < 1.29 is 4.79 Å². The molecule has 1 heterocycles. The molecule has 2 amide bonds. The molecule has 0 unspecified atom stereocenters. The van der Waals surface area contributed by atoms with Gasteiger partial charge in [0, 0.05) is 19.0 Å². The highest BCUT2D eigenvalue weighted by atomic mass is 16.2. The molecule has 120 valence electrons. The SMILES string of the molecule is CN(C)C1CC(CNC(=O)Nc2cnc(CC3CC3)nc2)C1. The summed E-state index contributed by atoms with van der Waals surface area (Å²) in [4.78, 5) is 22.7. The van der Waals surface area contributed by atoms with Crippen LogP contribution in [0.25, 0.3) is 0 Å². The van der Waals surface area contributed by atoms with Crippen molar-refractivity contribution in [3.05, 3.63) is 18.2 Å². The first-order valence-electron chi connectivity index (χ1n) is 8.12.